The minimum Gasteiger partial charge on any atom is -0.449 e. The minimum absolute atomic E-state index is 0.00589. The number of nitrogens with zero attached hydrogens (tertiary/aromatic N) is 7. The predicted molar refractivity (Wildman–Crippen MR) is 372 cm³/mol. The van der Waals surface area contributed by atoms with Crippen molar-refractivity contribution in [1.29, 1.82) is 0 Å². The first-order chi connectivity index (χ1) is 45.5. The summed E-state index contributed by atoms with van der Waals surface area (Å²) in [5.41, 5.74) is 0. The van der Waals surface area contributed by atoms with Crippen molar-refractivity contribution < 1.29 is 77.2 Å². The van der Waals surface area contributed by atoms with E-state index in [0.29, 0.717) is 19.6 Å². The average molecular weight is 1390 g/mol. The molecule has 0 bridgehead atoms. The fourth-order valence-electron chi connectivity index (χ4n) is 12.4. The number of carbonyl (C=O) groups excluding carboxylic acids is 12. The summed E-state index contributed by atoms with van der Waals surface area (Å²) < 4.78 is 11.1. The van der Waals surface area contributed by atoms with E-state index in [2.05, 4.69) is 26.6 Å². The summed E-state index contributed by atoms with van der Waals surface area (Å²) in [5, 5.41) is 37.1. The summed E-state index contributed by atoms with van der Waals surface area (Å²) in [6, 6.07) is -14.1. The zero-order valence-corrected chi connectivity index (χ0v) is 63.1. The van der Waals surface area contributed by atoms with Gasteiger partial charge in [-0.2, -0.15) is 0 Å². The molecule has 0 aromatic heterocycles. The Balaban J connectivity index is 3.05. The van der Waals surface area contributed by atoms with E-state index in [9.17, 15) is 53.4 Å². The van der Waals surface area contributed by atoms with Gasteiger partial charge in [-0.25, -0.2) is 4.79 Å². The first kappa shape index (κ1) is 87.1. The molecule has 0 aliphatic carbocycles. The van der Waals surface area contributed by atoms with Crippen molar-refractivity contribution >= 4 is 71.1 Å². The van der Waals surface area contributed by atoms with Crippen molar-refractivity contribution in [2.24, 2.45) is 41.4 Å². The summed E-state index contributed by atoms with van der Waals surface area (Å²) in [5.74, 6) is -11.2. The molecule has 15 atom stereocenters. The van der Waals surface area contributed by atoms with Crippen molar-refractivity contribution in [1.82, 2.24) is 60.9 Å². The zero-order valence-electron chi connectivity index (χ0n) is 63.1. The fourth-order valence-corrected chi connectivity index (χ4v) is 12.4. The highest BCUT2D eigenvalue weighted by atomic mass is 16.6. The van der Waals surface area contributed by atoms with Gasteiger partial charge in [-0.3, -0.25) is 52.7 Å². The number of ether oxygens (including phenoxy) is 2. The van der Waals surface area contributed by atoms with Gasteiger partial charge in [0.1, 0.15) is 60.4 Å². The Labute approximate surface area is 583 Å². The van der Waals surface area contributed by atoms with Crippen LogP contribution in [0.1, 0.15) is 169 Å². The van der Waals surface area contributed by atoms with Gasteiger partial charge in [0.25, 0.3) is 0 Å². The molecule has 28 heteroatoms. The lowest BCUT2D eigenvalue weighted by Crippen LogP contribution is -2.64. The molecule has 2 rings (SSSR count). The number of nitrogens with one attached hydrogen (secondary N) is 5. The van der Waals surface area contributed by atoms with Gasteiger partial charge in [0.05, 0.1) is 38.0 Å². The highest BCUT2D eigenvalue weighted by Crippen LogP contribution is 2.26. The number of likely N-dealkylation sites (tertiary alicyclic amines) is 1. The van der Waals surface area contributed by atoms with Gasteiger partial charge < -0.3 is 80.6 Å². The molecule has 0 aromatic carbocycles. The number of aliphatic hydroxyl groups excluding tert-OH is 2. The lowest BCUT2D eigenvalue weighted by atomic mass is 9.91. The Bertz CT molecular complexity index is 2710. The summed E-state index contributed by atoms with van der Waals surface area (Å²) >= 11 is 0. The van der Waals surface area contributed by atoms with Gasteiger partial charge >= 0.3 is 6.09 Å². The number of likely N-dealkylation sites (N-methyl/N-ethyl adjacent to an activating group) is 6. The van der Waals surface area contributed by atoms with Crippen LogP contribution in [0.3, 0.4) is 0 Å². The molecule has 560 valence electrons. The number of aliphatic hydroxyl groups is 2. The van der Waals surface area contributed by atoms with Gasteiger partial charge in [-0.1, -0.05) is 95.2 Å². The van der Waals surface area contributed by atoms with E-state index in [0.717, 1.165) is 26.0 Å². The molecule has 1 unspecified atom stereocenters. The molecule has 2 aliphatic heterocycles. The molecule has 28 nitrogen and oxygen atoms in total. The van der Waals surface area contributed by atoms with Crippen LogP contribution in [0.25, 0.3) is 0 Å². The summed E-state index contributed by atoms with van der Waals surface area (Å²) in [7, 11) is 9.59. The third-order valence-corrected chi connectivity index (χ3v) is 18.3. The number of amides is 12. The molecule has 0 spiro atoms. The number of methoxy groups -OCH3 is 1. The molecule has 12 amide bonds. The van der Waals surface area contributed by atoms with Crippen LogP contribution in [0.15, 0.2) is 12.2 Å². The Morgan fingerprint density at radius 1 is 0.531 bits per heavy atom. The Hall–Kier alpha value is -6.94. The van der Waals surface area contributed by atoms with E-state index < -0.39 is 162 Å². The third kappa shape index (κ3) is 26.0. The molecular weight excluding hydrogens is 1260 g/mol. The molecule has 2 heterocycles. The van der Waals surface area contributed by atoms with Crippen LogP contribution in [0.4, 0.5) is 4.79 Å². The normalized spacial score (nSPS) is 26.9. The zero-order chi connectivity index (χ0) is 75.1. The molecular formula is C70H124N12O16. The molecule has 7 N–H and O–H groups in total. The number of allylic oxidation sites excluding steroid dienone is 2. The lowest BCUT2D eigenvalue weighted by Gasteiger charge is -2.39. The van der Waals surface area contributed by atoms with Crippen LogP contribution < -0.4 is 26.6 Å². The second-order valence-corrected chi connectivity index (χ2v) is 29.6. The van der Waals surface area contributed by atoms with Crippen LogP contribution in [-0.4, -0.2) is 270 Å². The highest BCUT2D eigenvalue weighted by molar-refractivity contribution is 5.99. The van der Waals surface area contributed by atoms with Crippen LogP contribution in [0.2, 0.25) is 0 Å². The van der Waals surface area contributed by atoms with Gasteiger partial charge in [-0.05, 0) is 127 Å². The number of rotatable bonds is 21. The second kappa shape index (κ2) is 41.0. The number of hydrogen-bond donors (Lipinski definition) is 7. The van der Waals surface area contributed by atoms with E-state index in [4.69, 9.17) is 9.47 Å². The fraction of sp³-hybridized carbons (Fsp3) is 0.800. The molecule has 0 aromatic rings. The standard InChI is InChI=1S/C70H124N12O16/c1-24-25-27-45(13)59(85)58-64(90)75-57(48(16)83)69(95)76(17)36-56(84)77(18)52(32-41(6)7)62(88)73-50(30-39(2)3)66(92)79(20)53(33-42(8)9)61(87)71-46(14)60(86)72-47(15)65(91)78(19)54(35-44(12)37-98-70(96)82-29-26-28-49(82)38-97-23)63(89)74-51(31-40(4)5)67(93)80(21)55(34-43(10)11)68(94)81(58)22/h24-25,39-55,57-59,83,85H,26-38H2,1-23H3,(H,71,87)(H,72,86)(H,73,88)(H,74,89)(H,75,90)/b25-24+/t44-,45+,46-,47+,48?,49+,50-,51-,52-,53-,54-,55-,57-,58-,59+/m0/s1. The van der Waals surface area contributed by atoms with E-state index >= 15 is 14.4 Å². The van der Waals surface area contributed by atoms with Gasteiger partial charge in [0.2, 0.25) is 65.0 Å². The summed E-state index contributed by atoms with van der Waals surface area (Å²) in [4.78, 5) is 184. The summed E-state index contributed by atoms with van der Waals surface area (Å²) in [6.07, 6.45) is 1.56. The number of carbonyl (C=O) groups is 12. The van der Waals surface area contributed by atoms with Gasteiger partial charge in [0.15, 0.2) is 0 Å². The van der Waals surface area contributed by atoms with Crippen molar-refractivity contribution in [3.63, 3.8) is 0 Å². The Morgan fingerprint density at radius 2 is 0.980 bits per heavy atom. The van der Waals surface area contributed by atoms with Crippen molar-refractivity contribution in [2.75, 3.05) is 75.7 Å². The highest BCUT2D eigenvalue weighted by Gasteiger charge is 2.45. The molecule has 2 fully saturated rings. The van der Waals surface area contributed by atoms with Crippen molar-refractivity contribution in [2.45, 2.75) is 247 Å². The van der Waals surface area contributed by atoms with Gasteiger partial charge in [0, 0.05) is 55.9 Å². The first-order valence-corrected chi connectivity index (χ1v) is 35.0. The first-order valence-electron chi connectivity index (χ1n) is 35.0. The average Bonchev–Trinajstić information content (AvgIpc) is 0.975. The second-order valence-electron chi connectivity index (χ2n) is 29.6. The molecule has 98 heavy (non-hydrogen) atoms. The maximum Gasteiger partial charge on any atom is 0.410 e. The van der Waals surface area contributed by atoms with E-state index in [-0.39, 0.29) is 87.2 Å². The van der Waals surface area contributed by atoms with Crippen molar-refractivity contribution in [3.05, 3.63) is 12.2 Å². The molecule has 2 aliphatic rings. The third-order valence-electron chi connectivity index (χ3n) is 18.3. The van der Waals surface area contributed by atoms with Crippen LogP contribution in [0.5, 0.6) is 0 Å². The monoisotopic (exact) mass is 1390 g/mol. The topological polar surface area (TPSA) is 347 Å². The van der Waals surface area contributed by atoms with Crippen LogP contribution in [-0.2, 0) is 62.2 Å². The van der Waals surface area contributed by atoms with Crippen LogP contribution >= 0.6 is 0 Å². The quantitative estimate of drug-likeness (QED) is 0.0813. The van der Waals surface area contributed by atoms with E-state index in [1.54, 1.807) is 44.9 Å². The Kier molecular flexibility index (Phi) is 36.4. The molecule has 0 radical (unpaired) electrons. The largest absolute Gasteiger partial charge is 0.449 e. The van der Waals surface area contributed by atoms with Crippen molar-refractivity contribution in [3.8, 4) is 0 Å². The van der Waals surface area contributed by atoms with E-state index in [1.165, 1.54) is 72.9 Å². The van der Waals surface area contributed by atoms with Gasteiger partial charge in [-0.15, -0.1) is 0 Å². The van der Waals surface area contributed by atoms with E-state index in [1.807, 2.05) is 69.2 Å². The SMILES string of the molecule is C/C=C/C[C@@H](C)[C@@H](O)[C@H]1C(=O)N[C@@H](C(C)O)C(=O)N(C)CC(=O)N(C)[C@@H](CC(C)C)C(=O)N[C@@H](CC(C)C)C(=O)N(C)[C@@H](CC(C)C)C(=O)N[C@@H](C)C(=O)N[C@H](C)C(=O)N(C)[C@@H](C[C@H](C)COC(=O)N2CCC[C@@H]2COC)C(=O)N[C@@H](CC(C)C)C(=O)N(C)[C@@H](CC(C)C)C(=O)N1C. The Morgan fingerprint density at radius 3 is 1.46 bits per heavy atom. The predicted octanol–water partition coefficient (Wildman–Crippen LogP) is 2.91. The lowest BCUT2D eigenvalue weighted by molar-refractivity contribution is -0.154. The molecule has 2 saturated heterocycles. The smallest absolute Gasteiger partial charge is 0.410 e. The minimum atomic E-state index is -1.77. The maximum atomic E-state index is 15.4. The van der Waals surface area contributed by atoms with Crippen LogP contribution in [0, 0.1) is 41.4 Å². The maximum absolute atomic E-state index is 15.4. The number of hydrogen-bond acceptors (Lipinski definition) is 16. The summed E-state index contributed by atoms with van der Waals surface area (Å²) in [6.45, 7) is 27.3. The molecule has 0 saturated carbocycles.